The van der Waals surface area contributed by atoms with E-state index in [-0.39, 0.29) is 5.41 Å². The molecule has 3 heterocycles. The lowest BCUT2D eigenvalue weighted by atomic mass is 9.73. The zero-order chi connectivity index (χ0) is 37.1. The number of aromatic nitrogens is 2. The van der Waals surface area contributed by atoms with Gasteiger partial charge in [0.25, 0.3) is 0 Å². The molecule has 0 unspecified atom stereocenters. The van der Waals surface area contributed by atoms with Crippen molar-refractivity contribution in [2.24, 2.45) is 0 Å². The van der Waals surface area contributed by atoms with Crippen molar-refractivity contribution in [3.05, 3.63) is 187 Å². The van der Waals surface area contributed by atoms with E-state index in [1.165, 1.54) is 49.1 Å². The van der Waals surface area contributed by atoms with Crippen molar-refractivity contribution < 1.29 is 4.42 Å². The molecular weight excluding hydrogens is 683 g/mol. The van der Waals surface area contributed by atoms with Gasteiger partial charge in [0, 0.05) is 39.2 Å². The molecule has 56 heavy (non-hydrogen) atoms. The van der Waals surface area contributed by atoms with Gasteiger partial charge in [-0.2, -0.15) is 0 Å². The van der Waals surface area contributed by atoms with Gasteiger partial charge in [0.2, 0.25) is 0 Å². The summed E-state index contributed by atoms with van der Waals surface area (Å²) < 4.78 is 9.12. The largest absolute Gasteiger partial charge is 0.456 e. The zero-order valence-electron chi connectivity index (χ0n) is 31.0. The Balaban J connectivity index is 1.07. The molecule has 12 rings (SSSR count). The molecule has 4 heteroatoms. The highest BCUT2D eigenvalue weighted by Crippen LogP contribution is 2.54. The molecule has 2 aromatic heterocycles. The van der Waals surface area contributed by atoms with Gasteiger partial charge in [-0.1, -0.05) is 123 Å². The Bertz CT molecular complexity index is 3390. The number of furan rings is 1. The summed E-state index contributed by atoms with van der Waals surface area (Å²) in [4.78, 5) is 7.49. The number of anilines is 3. The Morgan fingerprint density at radius 1 is 0.446 bits per heavy atom. The van der Waals surface area contributed by atoms with Gasteiger partial charge in [-0.15, -0.1) is 0 Å². The van der Waals surface area contributed by atoms with Crippen LogP contribution in [0.1, 0.15) is 25.0 Å². The van der Waals surface area contributed by atoms with Crippen molar-refractivity contribution in [3.8, 4) is 17.1 Å². The zero-order valence-corrected chi connectivity index (χ0v) is 31.0. The molecule has 264 valence electrons. The van der Waals surface area contributed by atoms with Crippen LogP contribution < -0.4 is 4.90 Å². The first-order valence-corrected chi connectivity index (χ1v) is 19.3. The molecule has 0 radical (unpaired) electrons. The summed E-state index contributed by atoms with van der Waals surface area (Å²) >= 11 is 0. The lowest BCUT2D eigenvalue weighted by molar-refractivity contribution is 0.630. The van der Waals surface area contributed by atoms with Gasteiger partial charge < -0.3 is 9.32 Å². The van der Waals surface area contributed by atoms with Crippen molar-refractivity contribution >= 4 is 82.4 Å². The first-order valence-electron chi connectivity index (χ1n) is 19.3. The van der Waals surface area contributed by atoms with E-state index >= 15 is 0 Å². The van der Waals surface area contributed by atoms with Gasteiger partial charge in [0.1, 0.15) is 17.0 Å². The number of rotatable bonds is 3. The highest BCUT2D eigenvalue weighted by molar-refractivity contribution is 6.28. The average Bonchev–Trinajstić information content (AvgIpc) is 3.81. The van der Waals surface area contributed by atoms with Gasteiger partial charge in [0.05, 0.1) is 22.4 Å². The Morgan fingerprint density at radius 2 is 1.02 bits per heavy atom. The van der Waals surface area contributed by atoms with Crippen LogP contribution >= 0.6 is 0 Å². The van der Waals surface area contributed by atoms with E-state index < -0.39 is 0 Å². The summed E-state index contributed by atoms with van der Waals surface area (Å²) in [6, 6.07) is 63.4. The van der Waals surface area contributed by atoms with Crippen LogP contribution in [0.25, 0.3) is 82.4 Å². The molecule has 0 amide bonds. The van der Waals surface area contributed by atoms with E-state index in [1.807, 2.05) is 6.07 Å². The third-order valence-electron chi connectivity index (χ3n) is 12.1. The second-order valence-electron chi connectivity index (χ2n) is 15.6. The highest BCUT2D eigenvalue weighted by Gasteiger charge is 2.37. The van der Waals surface area contributed by atoms with Crippen LogP contribution in [-0.2, 0) is 5.41 Å². The van der Waals surface area contributed by atoms with E-state index in [1.54, 1.807) is 0 Å². The second kappa shape index (κ2) is 11.4. The summed E-state index contributed by atoms with van der Waals surface area (Å²) in [5, 5.41) is 9.79. The summed E-state index contributed by atoms with van der Waals surface area (Å²) in [7, 11) is 0. The maximum Gasteiger partial charge on any atom is 0.145 e. The van der Waals surface area contributed by atoms with E-state index in [2.05, 4.69) is 193 Å². The Morgan fingerprint density at radius 3 is 1.77 bits per heavy atom. The van der Waals surface area contributed by atoms with Crippen molar-refractivity contribution in [1.82, 2.24) is 9.55 Å². The molecule has 0 saturated carbocycles. The molecule has 0 N–H and O–H groups in total. The maximum absolute atomic E-state index is 6.86. The molecule has 0 fully saturated rings. The predicted octanol–water partition coefficient (Wildman–Crippen LogP) is 14.2. The summed E-state index contributed by atoms with van der Waals surface area (Å²) in [6.45, 7) is 4.70. The van der Waals surface area contributed by atoms with Crippen LogP contribution in [0.3, 0.4) is 0 Å². The third kappa shape index (κ3) is 4.32. The Kier molecular flexibility index (Phi) is 6.37. The van der Waals surface area contributed by atoms with Crippen LogP contribution in [0.4, 0.5) is 17.1 Å². The van der Waals surface area contributed by atoms with Crippen LogP contribution in [0.5, 0.6) is 0 Å². The number of imidazole rings is 1. The summed E-state index contributed by atoms with van der Waals surface area (Å²) in [6.07, 6.45) is 0. The molecule has 0 atom stereocenters. The second-order valence-corrected chi connectivity index (χ2v) is 15.6. The van der Waals surface area contributed by atoms with Crippen LogP contribution in [0.2, 0.25) is 0 Å². The number of hydrogen-bond acceptors (Lipinski definition) is 3. The molecule has 0 spiro atoms. The van der Waals surface area contributed by atoms with Crippen molar-refractivity contribution in [2.45, 2.75) is 19.3 Å². The topological polar surface area (TPSA) is 34.2 Å². The third-order valence-corrected chi connectivity index (χ3v) is 12.1. The smallest absolute Gasteiger partial charge is 0.145 e. The fourth-order valence-electron chi connectivity index (χ4n) is 9.46. The molecule has 4 nitrogen and oxygen atoms in total. The van der Waals surface area contributed by atoms with E-state index in [0.717, 1.165) is 61.4 Å². The molecule has 1 aliphatic rings. The van der Waals surface area contributed by atoms with Gasteiger partial charge in [0.15, 0.2) is 0 Å². The van der Waals surface area contributed by atoms with Crippen LogP contribution in [0, 0.1) is 0 Å². The molecular formula is C52H35N3O. The molecule has 1 aliphatic heterocycles. The highest BCUT2D eigenvalue weighted by atomic mass is 16.3. The summed E-state index contributed by atoms with van der Waals surface area (Å²) in [5.74, 6) is 0.927. The van der Waals surface area contributed by atoms with E-state index in [9.17, 15) is 0 Å². The van der Waals surface area contributed by atoms with Gasteiger partial charge in [-0.3, -0.25) is 4.57 Å². The Labute approximate surface area is 323 Å². The fraction of sp³-hybridized carbons (Fsp3) is 0.0577. The van der Waals surface area contributed by atoms with Crippen molar-refractivity contribution in [3.63, 3.8) is 0 Å². The lowest BCUT2D eigenvalue weighted by Gasteiger charge is -2.42. The molecule has 0 saturated heterocycles. The number of fused-ring (bicyclic) bond motifs is 12. The first kappa shape index (κ1) is 31.2. The normalized spacial score (nSPS) is 13.6. The number of benzene rings is 9. The predicted molar refractivity (Wildman–Crippen MR) is 233 cm³/mol. The number of para-hydroxylation sites is 3. The molecule has 0 aliphatic carbocycles. The first-order chi connectivity index (χ1) is 27.5. The average molecular weight is 718 g/mol. The van der Waals surface area contributed by atoms with Gasteiger partial charge >= 0.3 is 0 Å². The maximum atomic E-state index is 6.86. The molecule has 9 aromatic carbocycles. The number of nitrogens with zero attached hydrogens (tertiary/aromatic N) is 3. The van der Waals surface area contributed by atoms with Crippen LogP contribution in [0.15, 0.2) is 180 Å². The van der Waals surface area contributed by atoms with Crippen molar-refractivity contribution in [1.29, 1.82) is 0 Å². The SMILES string of the molecule is CC1(C)c2ccccc2N(c2ccc(-n3c(-c4ccccc4)nc4ccccc43)cc2)c2cc3oc4cc5c6ccccc6c6ccccc6c5cc4c3cc21. The monoisotopic (exact) mass is 717 g/mol. The van der Waals surface area contributed by atoms with Gasteiger partial charge in [-0.25, -0.2) is 4.98 Å². The van der Waals surface area contributed by atoms with E-state index in [4.69, 9.17) is 9.40 Å². The molecule has 0 bridgehead atoms. The van der Waals surface area contributed by atoms with Crippen molar-refractivity contribution in [2.75, 3.05) is 4.90 Å². The fourth-order valence-corrected chi connectivity index (χ4v) is 9.46. The molecule has 11 aromatic rings. The standard InChI is InChI=1S/C52H35N3O/c1-52(2)43-20-10-12-22-46(43)54(33-24-26-34(27-25-33)55-47-23-13-11-21-45(47)53-51(55)32-14-4-3-5-15-32)48-31-50-42(29-44(48)52)41-28-39-37-18-8-6-16-35(37)36-17-7-9-19-38(36)40(39)30-49(41)56-50/h3-31H,1-2H3. The lowest BCUT2D eigenvalue weighted by Crippen LogP contribution is -2.30. The minimum Gasteiger partial charge on any atom is -0.456 e. The van der Waals surface area contributed by atoms with E-state index in [0.29, 0.717) is 0 Å². The summed E-state index contributed by atoms with van der Waals surface area (Å²) in [5.41, 5.74) is 11.7. The van der Waals surface area contributed by atoms with Gasteiger partial charge in [-0.05, 0) is 104 Å². The minimum absolute atomic E-state index is 0.250. The number of hydrogen-bond donors (Lipinski definition) is 0. The van der Waals surface area contributed by atoms with Crippen LogP contribution in [-0.4, -0.2) is 9.55 Å². The Hall–Kier alpha value is -7.17. The minimum atomic E-state index is -0.250. The quantitative estimate of drug-likeness (QED) is 0.171.